The molecule has 0 fully saturated rings. The van der Waals surface area contributed by atoms with Gasteiger partial charge in [-0.1, -0.05) is 72.3 Å². The minimum Gasteiger partial charge on any atom is -0.378 e. The van der Waals surface area contributed by atoms with Gasteiger partial charge in [0.15, 0.2) is 0 Å². The molecule has 2 heteroatoms. The maximum absolute atomic E-state index is 4.64. The van der Waals surface area contributed by atoms with Gasteiger partial charge in [0.2, 0.25) is 0 Å². The molecule has 0 saturated heterocycles. The van der Waals surface area contributed by atoms with E-state index in [1.54, 1.807) is 0 Å². The summed E-state index contributed by atoms with van der Waals surface area (Å²) < 4.78 is 0. The van der Waals surface area contributed by atoms with E-state index in [1.807, 2.05) is 6.21 Å². The largest absolute Gasteiger partial charge is 0.378 e. The first-order valence-electron chi connectivity index (χ1n) is 10.0. The molecule has 5 rings (SSSR count). The number of benzene rings is 3. The summed E-state index contributed by atoms with van der Waals surface area (Å²) >= 11 is 0. The lowest BCUT2D eigenvalue weighted by Crippen LogP contribution is -2.28. The number of nitrogens with one attached hydrogen (secondary N) is 1. The van der Waals surface area contributed by atoms with Crippen LogP contribution < -0.4 is 5.32 Å². The first-order valence-corrected chi connectivity index (χ1v) is 10.0. The normalized spacial score (nSPS) is 22.7. The van der Waals surface area contributed by atoms with Gasteiger partial charge in [-0.2, -0.15) is 0 Å². The first kappa shape index (κ1) is 17.0. The summed E-state index contributed by atoms with van der Waals surface area (Å²) in [5.41, 5.74) is 7.41. The highest BCUT2D eigenvalue weighted by Gasteiger charge is 2.37. The lowest BCUT2D eigenvalue weighted by molar-refractivity contribution is 0.425. The van der Waals surface area contributed by atoms with Crippen molar-refractivity contribution in [3.8, 4) is 0 Å². The van der Waals surface area contributed by atoms with E-state index in [0.29, 0.717) is 17.9 Å². The number of aryl methyl sites for hydroxylation is 1. The van der Waals surface area contributed by atoms with E-state index in [0.717, 1.165) is 17.7 Å². The summed E-state index contributed by atoms with van der Waals surface area (Å²) in [7, 11) is 0. The van der Waals surface area contributed by atoms with E-state index in [9.17, 15) is 0 Å². The van der Waals surface area contributed by atoms with E-state index < -0.39 is 0 Å². The van der Waals surface area contributed by atoms with Crippen molar-refractivity contribution in [1.29, 1.82) is 0 Å². The minimum absolute atomic E-state index is 0.338. The number of rotatable bonds is 3. The molecule has 3 aromatic rings. The van der Waals surface area contributed by atoms with Gasteiger partial charge >= 0.3 is 0 Å². The Hall–Kier alpha value is -3.13. The fraction of sp³-hybridized carbons (Fsp3) is 0.192. The first-order chi connectivity index (χ1) is 13.8. The van der Waals surface area contributed by atoms with Crippen molar-refractivity contribution < 1.29 is 0 Å². The lowest BCUT2D eigenvalue weighted by Gasteiger charge is -2.37. The Morgan fingerprint density at radius 3 is 2.54 bits per heavy atom. The molecule has 0 radical (unpaired) electrons. The van der Waals surface area contributed by atoms with Gasteiger partial charge in [-0.25, -0.2) is 0 Å². The smallest absolute Gasteiger partial charge is 0.0630 e. The number of hydrogen-bond donors (Lipinski definition) is 1. The Morgan fingerprint density at radius 2 is 1.71 bits per heavy atom. The number of aliphatic imine (C=N–C) groups is 1. The second-order valence-electron chi connectivity index (χ2n) is 7.82. The second-order valence-corrected chi connectivity index (χ2v) is 7.82. The van der Waals surface area contributed by atoms with E-state index in [1.165, 1.54) is 22.4 Å². The third kappa shape index (κ3) is 3.16. The number of allylic oxidation sites excluding steroid dienone is 2. The van der Waals surface area contributed by atoms with Crippen LogP contribution >= 0.6 is 0 Å². The highest BCUT2D eigenvalue weighted by molar-refractivity contribution is 5.81. The Morgan fingerprint density at radius 1 is 0.929 bits per heavy atom. The summed E-state index contributed by atoms with van der Waals surface area (Å²) in [4.78, 5) is 4.64. The van der Waals surface area contributed by atoms with Crippen LogP contribution in [0, 0.1) is 12.8 Å². The molecule has 1 aliphatic heterocycles. The van der Waals surface area contributed by atoms with E-state index in [-0.39, 0.29) is 0 Å². The van der Waals surface area contributed by atoms with Crippen LogP contribution in [0.4, 0.5) is 11.4 Å². The van der Waals surface area contributed by atoms with Gasteiger partial charge in [-0.15, -0.1) is 0 Å². The van der Waals surface area contributed by atoms with Crippen molar-refractivity contribution in [3.05, 3.63) is 107 Å². The summed E-state index contributed by atoms with van der Waals surface area (Å²) in [6.45, 7) is 2.10. The van der Waals surface area contributed by atoms with Crippen molar-refractivity contribution in [2.75, 3.05) is 5.32 Å². The standard InChI is InChI=1S/C26H24N2/c1-18-9-11-19(12-10-18)17-27-21-15-13-20(14-16-21)26-24-7-4-6-22(24)23-5-2-3-8-25(23)28-26/h2-6,8-17,22,24,26,28H,7H2,1H3/t22-,24+,26-/m0/s1. The molecule has 0 bridgehead atoms. The average molecular weight is 364 g/mol. The van der Waals surface area contributed by atoms with Crippen molar-refractivity contribution in [2.24, 2.45) is 10.9 Å². The quantitative estimate of drug-likeness (QED) is 0.412. The predicted octanol–water partition coefficient (Wildman–Crippen LogP) is 6.57. The molecule has 0 aromatic heterocycles. The van der Waals surface area contributed by atoms with Crippen LogP contribution in [-0.4, -0.2) is 6.21 Å². The van der Waals surface area contributed by atoms with Crippen molar-refractivity contribution >= 4 is 17.6 Å². The minimum atomic E-state index is 0.338. The van der Waals surface area contributed by atoms with Crippen LogP contribution in [0.25, 0.3) is 0 Å². The lowest BCUT2D eigenvalue weighted by atomic mass is 9.77. The number of para-hydroxylation sites is 1. The molecule has 138 valence electrons. The molecule has 1 heterocycles. The zero-order chi connectivity index (χ0) is 18.9. The Labute approximate surface area is 166 Å². The molecule has 3 aromatic carbocycles. The van der Waals surface area contributed by atoms with Gasteiger partial charge in [-0.05, 0) is 54.2 Å². The Kier molecular flexibility index (Phi) is 4.32. The van der Waals surface area contributed by atoms with Gasteiger partial charge in [0.05, 0.1) is 11.7 Å². The van der Waals surface area contributed by atoms with Gasteiger partial charge in [0.1, 0.15) is 0 Å². The van der Waals surface area contributed by atoms with Crippen LogP contribution in [0.1, 0.15) is 40.6 Å². The fourth-order valence-electron chi connectivity index (χ4n) is 4.44. The third-order valence-corrected chi connectivity index (χ3v) is 5.96. The molecule has 0 amide bonds. The maximum atomic E-state index is 4.64. The number of anilines is 1. The van der Waals surface area contributed by atoms with Crippen LogP contribution in [0.2, 0.25) is 0 Å². The number of nitrogens with zero attached hydrogens (tertiary/aromatic N) is 1. The predicted molar refractivity (Wildman–Crippen MR) is 118 cm³/mol. The average Bonchev–Trinajstić information content (AvgIpc) is 3.23. The van der Waals surface area contributed by atoms with E-state index >= 15 is 0 Å². The SMILES string of the molecule is Cc1ccc(C=Nc2ccc([C@@H]3Nc4ccccc4[C@@H]4C=CC[C@H]43)cc2)cc1. The van der Waals surface area contributed by atoms with Crippen LogP contribution in [-0.2, 0) is 0 Å². The molecule has 28 heavy (non-hydrogen) atoms. The van der Waals surface area contributed by atoms with Gasteiger partial charge < -0.3 is 5.32 Å². The molecular weight excluding hydrogens is 340 g/mol. The highest BCUT2D eigenvalue weighted by atomic mass is 15.0. The molecule has 0 spiro atoms. The maximum Gasteiger partial charge on any atom is 0.0630 e. The van der Waals surface area contributed by atoms with E-state index in [4.69, 9.17) is 0 Å². The zero-order valence-electron chi connectivity index (χ0n) is 16.0. The molecule has 2 aliphatic rings. The summed E-state index contributed by atoms with van der Waals surface area (Å²) in [5.74, 6) is 1.10. The Balaban J connectivity index is 1.38. The van der Waals surface area contributed by atoms with Gasteiger partial charge in [0, 0.05) is 17.8 Å². The summed E-state index contributed by atoms with van der Waals surface area (Å²) in [6, 6.07) is 26.2. The zero-order valence-corrected chi connectivity index (χ0v) is 16.0. The monoisotopic (exact) mass is 364 g/mol. The molecular formula is C26H24N2. The van der Waals surface area contributed by atoms with Crippen LogP contribution in [0.5, 0.6) is 0 Å². The molecule has 0 unspecified atom stereocenters. The number of fused-ring (bicyclic) bond motifs is 3. The summed E-state index contributed by atoms with van der Waals surface area (Å²) in [5, 5.41) is 3.79. The topological polar surface area (TPSA) is 24.4 Å². The van der Waals surface area contributed by atoms with E-state index in [2.05, 4.69) is 102 Å². The van der Waals surface area contributed by atoms with Gasteiger partial charge in [-0.3, -0.25) is 4.99 Å². The van der Waals surface area contributed by atoms with Crippen molar-refractivity contribution in [2.45, 2.75) is 25.3 Å². The van der Waals surface area contributed by atoms with Crippen LogP contribution in [0.3, 0.4) is 0 Å². The molecule has 1 aliphatic carbocycles. The molecule has 2 nitrogen and oxygen atoms in total. The fourth-order valence-corrected chi connectivity index (χ4v) is 4.44. The van der Waals surface area contributed by atoms with Crippen molar-refractivity contribution in [1.82, 2.24) is 0 Å². The third-order valence-electron chi connectivity index (χ3n) is 5.96. The second kappa shape index (κ2) is 7.12. The molecule has 1 N–H and O–H groups in total. The van der Waals surface area contributed by atoms with Crippen molar-refractivity contribution in [3.63, 3.8) is 0 Å². The summed E-state index contributed by atoms with van der Waals surface area (Å²) in [6.07, 6.45) is 7.79. The highest BCUT2D eigenvalue weighted by Crippen LogP contribution is 2.49. The van der Waals surface area contributed by atoms with Gasteiger partial charge in [0.25, 0.3) is 0 Å². The molecule has 3 atom stereocenters. The van der Waals surface area contributed by atoms with Crippen LogP contribution in [0.15, 0.2) is 89.9 Å². The molecule has 0 saturated carbocycles. The Bertz CT molecular complexity index is 1030. The number of hydrogen-bond acceptors (Lipinski definition) is 2.